The summed E-state index contributed by atoms with van der Waals surface area (Å²) in [7, 11) is 0. The first-order chi connectivity index (χ1) is 8.01. The summed E-state index contributed by atoms with van der Waals surface area (Å²) in [5.74, 6) is 1.47. The van der Waals surface area contributed by atoms with Gasteiger partial charge in [-0.25, -0.2) is 0 Å². The summed E-state index contributed by atoms with van der Waals surface area (Å²) in [6.45, 7) is 8.56. The van der Waals surface area contributed by atoms with E-state index in [1.165, 1.54) is 24.0 Å². The SMILES string of the molecule is C=C1CCC[C@]2(C)CC3=C(C[C@@H]12)[C@H](C)C(=O)O3. The molecule has 92 valence electrons. The van der Waals surface area contributed by atoms with Gasteiger partial charge in [0.15, 0.2) is 0 Å². The van der Waals surface area contributed by atoms with Crippen LogP contribution in [0.5, 0.6) is 0 Å². The number of fused-ring (bicyclic) bond motifs is 1. The highest BCUT2D eigenvalue weighted by atomic mass is 16.5. The van der Waals surface area contributed by atoms with Crippen molar-refractivity contribution in [3.8, 4) is 0 Å². The molecule has 0 bridgehead atoms. The molecule has 3 rings (SSSR count). The third-order valence-corrected chi connectivity index (χ3v) is 5.03. The van der Waals surface area contributed by atoms with Gasteiger partial charge in [0.2, 0.25) is 0 Å². The predicted molar refractivity (Wildman–Crippen MR) is 66.1 cm³/mol. The lowest BCUT2D eigenvalue weighted by Crippen LogP contribution is -2.36. The minimum atomic E-state index is -0.0529. The van der Waals surface area contributed by atoms with Crippen LogP contribution >= 0.6 is 0 Å². The molecular formula is C15H20O2. The topological polar surface area (TPSA) is 26.3 Å². The summed E-state index contributed by atoms with van der Waals surface area (Å²) in [6, 6.07) is 0. The van der Waals surface area contributed by atoms with Crippen molar-refractivity contribution in [1.82, 2.24) is 0 Å². The fourth-order valence-electron chi connectivity index (χ4n) is 3.85. The smallest absolute Gasteiger partial charge is 0.317 e. The summed E-state index contributed by atoms with van der Waals surface area (Å²) in [4.78, 5) is 11.6. The summed E-state index contributed by atoms with van der Waals surface area (Å²) >= 11 is 0. The first-order valence-electron chi connectivity index (χ1n) is 6.62. The highest BCUT2D eigenvalue weighted by Gasteiger charge is 2.47. The van der Waals surface area contributed by atoms with Crippen LogP contribution in [-0.2, 0) is 9.53 Å². The average molecular weight is 232 g/mol. The van der Waals surface area contributed by atoms with Gasteiger partial charge in [-0.05, 0) is 49.5 Å². The summed E-state index contributed by atoms with van der Waals surface area (Å²) in [6.07, 6.45) is 5.56. The van der Waals surface area contributed by atoms with E-state index in [4.69, 9.17) is 4.74 Å². The summed E-state index contributed by atoms with van der Waals surface area (Å²) in [5.41, 5.74) is 2.91. The summed E-state index contributed by atoms with van der Waals surface area (Å²) < 4.78 is 5.44. The minimum Gasteiger partial charge on any atom is -0.431 e. The van der Waals surface area contributed by atoms with Gasteiger partial charge in [0.1, 0.15) is 5.76 Å². The zero-order valence-corrected chi connectivity index (χ0v) is 10.7. The molecule has 1 aliphatic heterocycles. The van der Waals surface area contributed by atoms with Crippen LogP contribution in [0.3, 0.4) is 0 Å². The summed E-state index contributed by atoms with van der Waals surface area (Å²) in [5, 5.41) is 0. The second-order valence-electron chi connectivity index (χ2n) is 6.19. The third-order valence-electron chi connectivity index (χ3n) is 5.03. The molecule has 1 fully saturated rings. The molecule has 0 radical (unpaired) electrons. The molecule has 2 aliphatic carbocycles. The van der Waals surface area contributed by atoms with Crippen molar-refractivity contribution < 1.29 is 9.53 Å². The lowest BCUT2D eigenvalue weighted by Gasteiger charge is -2.46. The Balaban J connectivity index is 1.97. The van der Waals surface area contributed by atoms with Gasteiger partial charge < -0.3 is 4.74 Å². The lowest BCUT2D eigenvalue weighted by atomic mass is 9.58. The van der Waals surface area contributed by atoms with Crippen molar-refractivity contribution in [3.05, 3.63) is 23.5 Å². The van der Waals surface area contributed by atoms with Crippen molar-refractivity contribution in [2.45, 2.75) is 46.0 Å². The van der Waals surface area contributed by atoms with Gasteiger partial charge in [-0.2, -0.15) is 0 Å². The quantitative estimate of drug-likeness (QED) is 0.471. The Hall–Kier alpha value is -1.05. The van der Waals surface area contributed by atoms with Gasteiger partial charge in [-0.3, -0.25) is 4.79 Å². The van der Waals surface area contributed by atoms with Crippen molar-refractivity contribution in [1.29, 1.82) is 0 Å². The van der Waals surface area contributed by atoms with Crippen LogP contribution < -0.4 is 0 Å². The Morgan fingerprint density at radius 2 is 2.24 bits per heavy atom. The lowest BCUT2D eigenvalue weighted by molar-refractivity contribution is -0.140. The Kier molecular flexibility index (Phi) is 2.26. The molecular weight excluding hydrogens is 212 g/mol. The van der Waals surface area contributed by atoms with E-state index in [1.807, 2.05) is 6.92 Å². The first-order valence-corrected chi connectivity index (χ1v) is 6.62. The van der Waals surface area contributed by atoms with Gasteiger partial charge in [-0.15, -0.1) is 0 Å². The van der Waals surface area contributed by atoms with Crippen molar-refractivity contribution in [2.75, 3.05) is 0 Å². The molecule has 17 heavy (non-hydrogen) atoms. The number of hydrogen-bond acceptors (Lipinski definition) is 2. The van der Waals surface area contributed by atoms with Gasteiger partial charge in [-0.1, -0.05) is 19.1 Å². The van der Waals surface area contributed by atoms with Gasteiger partial charge in [0, 0.05) is 6.42 Å². The van der Waals surface area contributed by atoms with E-state index in [-0.39, 0.29) is 17.3 Å². The van der Waals surface area contributed by atoms with E-state index in [1.54, 1.807) is 0 Å². The van der Waals surface area contributed by atoms with Crippen LogP contribution in [0.15, 0.2) is 23.5 Å². The van der Waals surface area contributed by atoms with E-state index in [0.717, 1.165) is 25.0 Å². The van der Waals surface area contributed by atoms with Crippen LogP contribution in [0.25, 0.3) is 0 Å². The van der Waals surface area contributed by atoms with Crippen LogP contribution in [0.4, 0.5) is 0 Å². The normalized spacial score (nSPS) is 41.1. The highest BCUT2D eigenvalue weighted by molar-refractivity contribution is 5.80. The predicted octanol–water partition coefficient (Wildman–Crippen LogP) is 3.59. The molecule has 2 nitrogen and oxygen atoms in total. The number of carbonyl (C=O) groups is 1. The largest absolute Gasteiger partial charge is 0.431 e. The Morgan fingerprint density at radius 3 is 3.00 bits per heavy atom. The maximum atomic E-state index is 11.6. The zero-order valence-electron chi connectivity index (χ0n) is 10.7. The average Bonchev–Trinajstić information content (AvgIpc) is 2.52. The highest BCUT2D eigenvalue weighted by Crippen LogP contribution is 2.56. The Morgan fingerprint density at radius 1 is 1.47 bits per heavy atom. The van der Waals surface area contributed by atoms with E-state index < -0.39 is 0 Å². The Bertz CT molecular complexity index is 432. The fraction of sp³-hybridized carbons (Fsp3) is 0.667. The third kappa shape index (κ3) is 1.50. The van der Waals surface area contributed by atoms with E-state index in [2.05, 4.69) is 13.5 Å². The molecule has 0 aromatic carbocycles. The van der Waals surface area contributed by atoms with Crippen LogP contribution in [0.1, 0.15) is 46.0 Å². The minimum absolute atomic E-state index is 0.0238. The molecule has 0 saturated heterocycles. The van der Waals surface area contributed by atoms with E-state index in [9.17, 15) is 4.79 Å². The zero-order chi connectivity index (χ0) is 12.2. The maximum absolute atomic E-state index is 11.6. The second kappa shape index (κ2) is 3.47. The number of carbonyl (C=O) groups excluding carboxylic acids is 1. The van der Waals surface area contributed by atoms with E-state index >= 15 is 0 Å². The second-order valence-corrected chi connectivity index (χ2v) is 6.19. The number of ether oxygens (including phenoxy) is 1. The maximum Gasteiger partial charge on any atom is 0.317 e. The van der Waals surface area contributed by atoms with Crippen molar-refractivity contribution >= 4 is 5.97 Å². The Labute approximate surface area is 103 Å². The van der Waals surface area contributed by atoms with Crippen LogP contribution in [0, 0.1) is 17.3 Å². The molecule has 2 heteroatoms. The molecule has 0 unspecified atom stereocenters. The van der Waals surface area contributed by atoms with Gasteiger partial charge in [0.25, 0.3) is 0 Å². The molecule has 0 N–H and O–H groups in total. The fourth-order valence-corrected chi connectivity index (χ4v) is 3.85. The van der Waals surface area contributed by atoms with Gasteiger partial charge >= 0.3 is 5.97 Å². The molecule has 1 saturated carbocycles. The van der Waals surface area contributed by atoms with Crippen LogP contribution in [0.2, 0.25) is 0 Å². The molecule has 0 aromatic rings. The molecule has 3 aliphatic rings. The first kappa shape index (κ1) is 11.1. The monoisotopic (exact) mass is 232 g/mol. The van der Waals surface area contributed by atoms with Crippen molar-refractivity contribution in [2.24, 2.45) is 17.3 Å². The number of rotatable bonds is 0. The number of hydrogen-bond donors (Lipinski definition) is 0. The van der Waals surface area contributed by atoms with E-state index in [0.29, 0.717) is 5.92 Å². The van der Waals surface area contributed by atoms with Gasteiger partial charge in [0.05, 0.1) is 5.92 Å². The molecule has 0 spiro atoms. The number of allylic oxidation sites excluding steroid dienone is 2. The molecule has 0 aromatic heterocycles. The molecule has 3 atom stereocenters. The van der Waals surface area contributed by atoms with Crippen LogP contribution in [-0.4, -0.2) is 5.97 Å². The number of esters is 1. The van der Waals surface area contributed by atoms with Crippen molar-refractivity contribution in [3.63, 3.8) is 0 Å². The standard InChI is InChI=1S/C15H20O2/c1-9-5-4-6-15(3)8-13-11(7-12(9)15)10(2)14(16)17-13/h10,12H,1,4-8H2,2-3H3/t10-,12-,15+/m0/s1. The molecule has 1 heterocycles. The molecule has 0 amide bonds.